The highest BCUT2D eigenvalue weighted by atomic mass is 14.9. The van der Waals surface area contributed by atoms with Gasteiger partial charge in [0.05, 0.1) is 11.6 Å². The molecule has 1 fully saturated rings. The van der Waals surface area contributed by atoms with Gasteiger partial charge < -0.3 is 5.32 Å². The Labute approximate surface area is 90.9 Å². The molecule has 1 saturated carbocycles. The molecule has 2 nitrogen and oxygen atoms in total. The molecule has 1 aliphatic carbocycles. The number of rotatable bonds is 2. The van der Waals surface area contributed by atoms with Crippen molar-refractivity contribution in [2.24, 2.45) is 5.92 Å². The first-order valence-electron chi connectivity index (χ1n) is 5.56. The second kappa shape index (κ2) is 4.35. The van der Waals surface area contributed by atoms with Crippen LogP contribution in [0.3, 0.4) is 0 Å². The van der Waals surface area contributed by atoms with Crippen LogP contribution in [0.15, 0.2) is 24.3 Å². The lowest BCUT2D eigenvalue weighted by molar-refractivity contribution is 0.556. The van der Waals surface area contributed by atoms with Crippen molar-refractivity contribution in [1.29, 1.82) is 5.26 Å². The van der Waals surface area contributed by atoms with Crippen LogP contribution in [0.1, 0.15) is 31.7 Å². The molecule has 0 aliphatic heterocycles. The van der Waals surface area contributed by atoms with Gasteiger partial charge in [0.25, 0.3) is 0 Å². The Morgan fingerprint density at radius 1 is 1.40 bits per heavy atom. The Morgan fingerprint density at radius 3 is 2.93 bits per heavy atom. The van der Waals surface area contributed by atoms with Crippen molar-refractivity contribution in [2.45, 2.75) is 32.2 Å². The van der Waals surface area contributed by atoms with Crippen molar-refractivity contribution in [3.8, 4) is 6.07 Å². The van der Waals surface area contributed by atoms with Crippen LogP contribution in [0.5, 0.6) is 0 Å². The van der Waals surface area contributed by atoms with E-state index in [-0.39, 0.29) is 0 Å². The molecule has 0 radical (unpaired) electrons. The van der Waals surface area contributed by atoms with Gasteiger partial charge in [0, 0.05) is 11.7 Å². The van der Waals surface area contributed by atoms with Gasteiger partial charge in [0.15, 0.2) is 0 Å². The molecule has 1 aliphatic rings. The maximum Gasteiger partial charge on any atom is 0.0992 e. The van der Waals surface area contributed by atoms with E-state index in [2.05, 4.69) is 18.3 Å². The highest BCUT2D eigenvalue weighted by Crippen LogP contribution is 2.28. The summed E-state index contributed by atoms with van der Waals surface area (Å²) >= 11 is 0. The largest absolute Gasteiger partial charge is 0.382 e. The molecule has 1 aromatic carbocycles. The van der Waals surface area contributed by atoms with Crippen LogP contribution in [0.2, 0.25) is 0 Å². The molecule has 2 atom stereocenters. The highest BCUT2D eigenvalue weighted by Gasteiger charge is 2.22. The lowest BCUT2D eigenvalue weighted by atomic mass is 10.1. The van der Waals surface area contributed by atoms with Crippen molar-refractivity contribution in [3.05, 3.63) is 29.8 Å². The topological polar surface area (TPSA) is 35.8 Å². The van der Waals surface area contributed by atoms with Crippen molar-refractivity contribution < 1.29 is 0 Å². The SMILES string of the molecule is C[C@@H]1CCC[C@H]1Nc1cccc(C#N)c1. The lowest BCUT2D eigenvalue weighted by Crippen LogP contribution is -2.21. The van der Waals surface area contributed by atoms with Crippen LogP contribution in [-0.2, 0) is 0 Å². The van der Waals surface area contributed by atoms with E-state index in [1.165, 1.54) is 19.3 Å². The summed E-state index contributed by atoms with van der Waals surface area (Å²) < 4.78 is 0. The molecule has 0 saturated heterocycles. The molecule has 0 amide bonds. The second-order valence-corrected chi connectivity index (χ2v) is 4.35. The summed E-state index contributed by atoms with van der Waals surface area (Å²) in [5.41, 5.74) is 1.80. The zero-order chi connectivity index (χ0) is 10.7. The predicted molar refractivity (Wildman–Crippen MR) is 61.6 cm³/mol. The van der Waals surface area contributed by atoms with Gasteiger partial charge in [-0.25, -0.2) is 0 Å². The van der Waals surface area contributed by atoms with Gasteiger partial charge in [0.2, 0.25) is 0 Å². The Balaban J connectivity index is 2.07. The molecular weight excluding hydrogens is 184 g/mol. The first kappa shape index (κ1) is 10.0. The predicted octanol–water partition coefficient (Wildman–Crippen LogP) is 3.16. The van der Waals surface area contributed by atoms with E-state index in [9.17, 15) is 0 Å². The fourth-order valence-corrected chi connectivity index (χ4v) is 2.25. The fourth-order valence-electron chi connectivity index (χ4n) is 2.25. The molecule has 2 heteroatoms. The first-order valence-corrected chi connectivity index (χ1v) is 5.56. The smallest absolute Gasteiger partial charge is 0.0992 e. The summed E-state index contributed by atoms with van der Waals surface area (Å²) in [5, 5.41) is 12.3. The summed E-state index contributed by atoms with van der Waals surface area (Å²) in [5.74, 6) is 0.746. The van der Waals surface area contributed by atoms with Crippen molar-refractivity contribution in [1.82, 2.24) is 0 Å². The Hall–Kier alpha value is -1.49. The average molecular weight is 200 g/mol. The Morgan fingerprint density at radius 2 is 2.27 bits per heavy atom. The second-order valence-electron chi connectivity index (χ2n) is 4.35. The maximum atomic E-state index is 8.80. The van der Waals surface area contributed by atoms with Crippen molar-refractivity contribution in [2.75, 3.05) is 5.32 Å². The number of nitrogens with one attached hydrogen (secondary N) is 1. The minimum Gasteiger partial charge on any atom is -0.382 e. The molecule has 0 spiro atoms. The standard InChI is InChI=1S/C13H16N2/c1-10-4-2-7-13(10)15-12-6-3-5-11(8-12)9-14/h3,5-6,8,10,13,15H,2,4,7H2,1H3/t10-,13-/m1/s1. The van der Waals surface area contributed by atoms with Gasteiger partial charge >= 0.3 is 0 Å². The van der Waals surface area contributed by atoms with Crippen LogP contribution < -0.4 is 5.32 Å². The Bertz CT molecular complexity index is 378. The number of anilines is 1. The molecule has 1 aromatic rings. The molecule has 15 heavy (non-hydrogen) atoms. The molecule has 0 bridgehead atoms. The third-order valence-corrected chi connectivity index (χ3v) is 3.21. The molecular formula is C13H16N2. The van der Waals surface area contributed by atoms with Crippen LogP contribution in [0.4, 0.5) is 5.69 Å². The summed E-state index contributed by atoms with van der Waals surface area (Å²) in [7, 11) is 0. The third kappa shape index (κ3) is 2.30. The first-order chi connectivity index (χ1) is 7.29. The fraction of sp³-hybridized carbons (Fsp3) is 0.462. The number of benzene rings is 1. The van der Waals surface area contributed by atoms with E-state index in [0.29, 0.717) is 6.04 Å². The van der Waals surface area contributed by atoms with Crippen molar-refractivity contribution in [3.63, 3.8) is 0 Å². The number of hydrogen-bond acceptors (Lipinski definition) is 2. The van der Waals surface area contributed by atoms with Gasteiger partial charge in [-0.05, 0) is 37.0 Å². The van der Waals surface area contributed by atoms with E-state index in [0.717, 1.165) is 17.2 Å². The van der Waals surface area contributed by atoms with E-state index in [1.54, 1.807) is 0 Å². The summed E-state index contributed by atoms with van der Waals surface area (Å²) in [6, 6.07) is 10.5. The molecule has 2 rings (SSSR count). The van der Waals surface area contributed by atoms with Gasteiger partial charge in [-0.1, -0.05) is 19.4 Å². The van der Waals surface area contributed by atoms with E-state index < -0.39 is 0 Å². The van der Waals surface area contributed by atoms with Crippen molar-refractivity contribution >= 4 is 5.69 Å². The highest BCUT2D eigenvalue weighted by molar-refractivity contribution is 5.49. The number of nitriles is 1. The molecule has 0 unspecified atom stereocenters. The third-order valence-electron chi connectivity index (χ3n) is 3.21. The van der Waals surface area contributed by atoms with Crippen LogP contribution in [-0.4, -0.2) is 6.04 Å². The zero-order valence-electron chi connectivity index (χ0n) is 9.03. The zero-order valence-corrected chi connectivity index (χ0v) is 9.03. The minimum absolute atomic E-state index is 0.582. The quantitative estimate of drug-likeness (QED) is 0.796. The lowest BCUT2D eigenvalue weighted by Gasteiger charge is -2.18. The van der Waals surface area contributed by atoms with Gasteiger partial charge in [-0.15, -0.1) is 0 Å². The van der Waals surface area contributed by atoms with Crippen LogP contribution in [0.25, 0.3) is 0 Å². The van der Waals surface area contributed by atoms with E-state index in [1.807, 2.05) is 24.3 Å². The summed E-state index contributed by atoms with van der Waals surface area (Å²) in [6.45, 7) is 2.29. The number of nitrogens with zero attached hydrogens (tertiary/aromatic N) is 1. The Kier molecular flexibility index (Phi) is 2.91. The van der Waals surface area contributed by atoms with Gasteiger partial charge in [-0.3, -0.25) is 0 Å². The van der Waals surface area contributed by atoms with E-state index in [4.69, 9.17) is 5.26 Å². The van der Waals surface area contributed by atoms with Gasteiger partial charge in [-0.2, -0.15) is 5.26 Å². The van der Waals surface area contributed by atoms with Crippen LogP contribution >= 0.6 is 0 Å². The monoisotopic (exact) mass is 200 g/mol. The molecule has 1 N–H and O–H groups in total. The molecule has 78 valence electrons. The molecule has 0 aromatic heterocycles. The van der Waals surface area contributed by atoms with Gasteiger partial charge in [0.1, 0.15) is 0 Å². The normalized spacial score (nSPS) is 24.8. The maximum absolute atomic E-state index is 8.80. The van der Waals surface area contributed by atoms with E-state index >= 15 is 0 Å². The minimum atomic E-state index is 0.582. The number of hydrogen-bond donors (Lipinski definition) is 1. The average Bonchev–Trinajstić information content (AvgIpc) is 2.65. The van der Waals surface area contributed by atoms with Crippen LogP contribution in [0, 0.1) is 17.2 Å². The molecule has 0 heterocycles. The summed E-state index contributed by atoms with van der Waals surface area (Å²) in [4.78, 5) is 0. The summed E-state index contributed by atoms with van der Waals surface area (Å²) in [6.07, 6.45) is 3.88.